The van der Waals surface area contributed by atoms with Crippen LogP contribution in [-0.2, 0) is 16.4 Å². The molecule has 0 spiro atoms. The molecule has 0 saturated heterocycles. The summed E-state index contributed by atoms with van der Waals surface area (Å²) >= 11 is 1.47. The fraction of sp³-hybridized carbons (Fsp3) is 0.353. The number of sulfonamides is 1. The van der Waals surface area contributed by atoms with Crippen molar-refractivity contribution in [1.82, 2.24) is 4.31 Å². The molecule has 0 aliphatic heterocycles. The van der Waals surface area contributed by atoms with E-state index in [1.165, 1.54) is 36.4 Å². The second-order valence-corrected chi connectivity index (χ2v) is 9.08. The first-order valence-electron chi connectivity index (χ1n) is 7.60. The van der Waals surface area contributed by atoms with Crippen LogP contribution in [0, 0.1) is 13.8 Å². The highest BCUT2D eigenvalue weighted by molar-refractivity contribution is 7.89. The fourth-order valence-electron chi connectivity index (χ4n) is 2.27. The topological polar surface area (TPSA) is 66.5 Å². The van der Waals surface area contributed by atoms with Gasteiger partial charge in [0.2, 0.25) is 10.0 Å². The Morgan fingerprint density at radius 3 is 2.38 bits per heavy atom. The maximum Gasteiger partial charge on any atom is 0.265 e. The van der Waals surface area contributed by atoms with Crippen molar-refractivity contribution in [2.45, 2.75) is 32.1 Å². The Hall–Kier alpha value is -1.70. The zero-order chi connectivity index (χ0) is 18.1. The summed E-state index contributed by atoms with van der Waals surface area (Å²) in [6.45, 7) is 5.88. The highest BCUT2D eigenvalue weighted by atomic mass is 32.2. The van der Waals surface area contributed by atoms with Crippen molar-refractivity contribution in [3.05, 3.63) is 45.1 Å². The maximum atomic E-state index is 12.5. The predicted octanol–water partition coefficient (Wildman–Crippen LogP) is 3.43. The molecule has 5 nitrogen and oxygen atoms in total. The Bertz CT molecular complexity index is 868. The van der Waals surface area contributed by atoms with Crippen molar-refractivity contribution in [2.75, 3.05) is 19.4 Å². The molecule has 24 heavy (non-hydrogen) atoms. The number of carbonyl (C=O) groups excluding carboxylic acids is 1. The zero-order valence-electron chi connectivity index (χ0n) is 14.5. The Kier molecular flexibility index (Phi) is 5.47. The SMILES string of the molecule is CCc1sc(C(=O)Nc2cc(S(=O)(=O)N(C)C)ccc2C)cc1C. The second-order valence-electron chi connectivity index (χ2n) is 5.79. The Morgan fingerprint density at radius 1 is 1.17 bits per heavy atom. The molecule has 1 N–H and O–H groups in total. The first-order valence-corrected chi connectivity index (χ1v) is 9.86. The minimum atomic E-state index is -3.54. The molecular formula is C17H22N2O3S2. The molecular weight excluding hydrogens is 344 g/mol. The molecule has 2 aromatic rings. The number of amides is 1. The van der Waals surface area contributed by atoms with E-state index in [1.54, 1.807) is 12.1 Å². The lowest BCUT2D eigenvalue weighted by Gasteiger charge is -2.14. The number of hydrogen-bond donors (Lipinski definition) is 1. The largest absolute Gasteiger partial charge is 0.321 e. The van der Waals surface area contributed by atoms with E-state index >= 15 is 0 Å². The third-order valence-corrected chi connectivity index (χ3v) is 6.99. The minimum absolute atomic E-state index is 0.157. The van der Waals surface area contributed by atoms with Gasteiger partial charge in [0.05, 0.1) is 9.77 Å². The number of rotatable bonds is 5. The summed E-state index contributed by atoms with van der Waals surface area (Å²) in [5, 5.41) is 2.83. The summed E-state index contributed by atoms with van der Waals surface area (Å²) in [6.07, 6.45) is 0.888. The number of carbonyl (C=O) groups is 1. The molecule has 0 radical (unpaired) electrons. The van der Waals surface area contributed by atoms with Crippen molar-refractivity contribution in [1.29, 1.82) is 0 Å². The lowest BCUT2D eigenvalue weighted by atomic mass is 10.2. The van der Waals surface area contributed by atoms with Gasteiger partial charge in [-0.2, -0.15) is 0 Å². The van der Waals surface area contributed by atoms with Gasteiger partial charge in [0.15, 0.2) is 0 Å². The molecule has 0 atom stereocenters. The van der Waals surface area contributed by atoms with E-state index in [0.717, 1.165) is 21.9 Å². The highest BCUT2D eigenvalue weighted by Crippen LogP contribution is 2.26. The standard InChI is InChI=1S/C17H22N2O3S2/c1-6-15-12(3)9-16(23-15)17(20)18-14-10-13(8-7-11(14)2)24(21,22)19(4)5/h7-10H,6H2,1-5H3,(H,18,20). The molecule has 7 heteroatoms. The second kappa shape index (κ2) is 7.04. The first-order chi connectivity index (χ1) is 11.2. The summed E-state index contributed by atoms with van der Waals surface area (Å²) in [4.78, 5) is 14.5. The van der Waals surface area contributed by atoms with Gasteiger partial charge in [-0.1, -0.05) is 13.0 Å². The smallest absolute Gasteiger partial charge is 0.265 e. The lowest BCUT2D eigenvalue weighted by molar-refractivity contribution is 0.103. The summed E-state index contributed by atoms with van der Waals surface area (Å²) in [5.41, 5.74) is 2.42. The molecule has 130 valence electrons. The fourth-order valence-corrected chi connectivity index (χ4v) is 4.21. The van der Waals surface area contributed by atoms with Crippen LogP contribution in [-0.4, -0.2) is 32.7 Å². The zero-order valence-corrected chi connectivity index (χ0v) is 16.1. The number of nitrogens with one attached hydrogen (secondary N) is 1. The van der Waals surface area contributed by atoms with Gasteiger partial charge in [0.1, 0.15) is 0 Å². The van der Waals surface area contributed by atoms with Crippen LogP contribution >= 0.6 is 11.3 Å². The number of nitrogens with zero attached hydrogens (tertiary/aromatic N) is 1. The monoisotopic (exact) mass is 366 g/mol. The molecule has 0 fully saturated rings. The van der Waals surface area contributed by atoms with Crippen LogP contribution in [0.5, 0.6) is 0 Å². The van der Waals surface area contributed by atoms with Crippen molar-refractivity contribution in [2.24, 2.45) is 0 Å². The Labute approximate surface area is 147 Å². The van der Waals surface area contributed by atoms with E-state index in [0.29, 0.717) is 10.6 Å². The van der Waals surface area contributed by atoms with Crippen LogP contribution in [0.3, 0.4) is 0 Å². The predicted molar refractivity (Wildman–Crippen MR) is 98.4 cm³/mol. The van der Waals surface area contributed by atoms with E-state index < -0.39 is 10.0 Å². The van der Waals surface area contributed by atoms with Crippen molar-refractivity contribution >= 4 is 33.0 Å². The van der Waals surface area contributed by atoms with E-state index in [9.17, 15) is 13.2 Å². The van der Waals surface area contributed by atoms with Gasteiger partial charge < -0.3 is 5.32 Å². The first kappa shape index (κ1) is 18.6. The van der Waals surface area contributed by atoms with Gasteiger partial charge in [-0.3, -0.25) is 4.79 Å². The van der Waals surface area contributed by atoms with E-state index in [2.05, 4.69) is 12.2 Å². The number of hydrogen-bond acceptors (Lipinski definition) is 4. The van der Waals surface area contributed by atoms with Crippen LogP contribution < -0.4 is 5.32 Å². The third kappa shape index (κ3) is 3.68. The maximum absolute atomic E-state index is 12.5. The molecule has 0 saturated carbocycles. The van der Waals surface area contributed by atoms with E-state index in [1.807, 2.05) is 19.9 Å². The summed E-state index contributed by atoms with van der Waals surface area (Å²) in [6, 6.07) is 6.62. The van der Waals surface area contributed by atoms with Crippen molar-refractivity contribution in [3.8, 4) is 0 Å². The average molecular weight is 367 g/mol. The molecule has 0 unspecified atom stereocenters. The minimum Gasteiger partial charge on any atom is -0.321 e. The van der Waals surface area contributed by atoms with Gasteiger partial charge in [0, 0.05) is 24.7 Å². The van der Waals surface area contributed by atoms with Crippen LogP contribution in [0.4, 0.5) is 5.69 Å². The van der Waals surface area contributed by atoms with E-state index in [-0.39, 0.29) is 10.8 Å². The van der Waals surface area contributed by atoms with Crippen LogP contribution in [0.2, 0.25) is 0 Å². The number of benzene rings is 1. The van der Waals surface area contributed by atoms with Gasteiger partial charge in [-0.25, -0.2) is 12.7 Å². The molecule has 1 heterocycles. The van der Waals surface area contributed by atoms with Gasteiger partial charge in [0.25, 0.3) is 5.91 Å². The van der Waals surface area contributed by atoms with Gasteiger partial charge >= 0.3 is 0 Å². The van der Waals surface area contributed by atoms with Crippen molar-refractivity contribution in [3.63, 3.8) is 0 Å². The number of aryl methyl sites for hydroxylation is 3. The third-order valence-electron chi connectivity index (χ3n) is 3.80. The summed E-state index contributed by atoms with van der Waals surface area (Å²) in [5.74, 6) is -0.217. The van der Waals surface area contributed by atoms with E-state index in [4.69, 9.17) is 0 Å². The van der Waals surface area contributed by atoms with Crippen LogP contribution in [0.1, 0.15) is 32.6 Å². The number of anilines is 1. The van der Waals surface area contributed by atoms with Gasteiger partial charge in [-0.05, 0) is 49.6 Å². The summed E-state index contributed by atoms with van der Waals surface area (Å²) in [7, 11) is -0.578. The van der Waals surface area contributed by atoms with Crippen LogP contribution in [0.25, 0.3) is 0 Å². The lowest BCUT2D eigenvalue weighted by Crippen LogP contribution is -2.22. The quantitative estimate of drug-likeness (QED) is 0.881. The molecule has 1 aromatic carbocycles. The van der Waals surface area contributed by atoms with Gasteiger partial charge in [-0.15, -0.1) is 11.3 Å². The molecule has 1 amide bonds. The Morgan fingerprint density at radius 2 is 1.83 bits per heavy atom. The molecule has 0 aliphatic rings. The highest BCUT2D eigenvalue weighted by Gasteiger charge is 2.19. The molecule has 2 rings (SSSR count). The molecule has 1 aromatic heterocycles. The molecule has 0 aliphatic carbocycles. The average Bonchev–Trinajstić information content (AvgIpc) is 2.90. The van der Waals surface area contributed by atoms with Crippen molar-refractivity contribution < 1.29 is 13.2 Å². The molecule has 0 bridgehead atoms. The summed E-state index contributed by atoms with van der Waals surface area (Å²) < 4.78 is 25.7. The van der Waals surface area contributed by atoms with Crippen LogP contribution in [0.15, 0.2) is 29.2 Å². The Balaban J connectivity index is 2.33. The normalized spacial score (nSPS) is 11.8. The number of thiophene rings is 1.